The van der Waals surface area contributed by atoms with Crippen LogP contribution in [0, 0.1) is 5.82 Å². The molecule has 0 fully saturated rings. The van der Waals surface area contributed by atoms with Gasteiger partial charge in [-0.1, -0.05) is 12.1 Å². The number of ether oxygens (including phenoxy) is 3. The van der Waals surface area contributed by atoms with Gasteiger partial charge in [-0.25, -0.2) is 9.38 Å². The normalized spacial score (nSPS) is 11.1. The minimum absolute atomic E-state index is 0.226. The summed E-state index contributed by atoms with van der Waals surface area (Å²) in [5.41, 5.74) is 1.95. The Hall–Kier alpha value is -2.96. The van der Waals surface area contributed by atoms with E-state index in [1.54, 1.807) is 39.5 Å². The summed E-state index contributed by atoms with van der Waals surface area (Å²) in [7, 11) is 4.79. The standard InChI is InChI=1S/C21H28FN3O3/c1-5-23-21(24-11-10-15-6-8-17(22)9-7-15)25-14-16-12-19(27-3)20(28-4)13-18(16)26-2/h6-9,12-13H,5,10-11,14H2,1-4H3,(H2,23,24,25). The zero-order valence-electron chi connectivity index (χ0n) is 16.8. The smallest absolute Gasteiger partial charge is 0.191 e. The van der Waals surface area contributed by atoms with Crippen molar-refractivity contribution in [3.63, 3.8) is 0 Å². The monoisotopic (exact) mass is 389 g/mol. The predicted octanol–water partition coefficient (Wildman–Crippen LogP) is 3.15. The second-order valence-corrected chi connectivity index (χ2v) is 6.02. The molecule has 2 aromatic rings. The summed E-state index contributed by atoms with van der Waals surface area (Å²) < 4.78 is 29.1. The maximum Gasteiger partial charge on any atom is 0.191 e. The number of hydrogen-bond acceptors (Lipinski definition) is 4. The van der Waals surface area contributed by atoms with Gasteiger partial charge < -0.3 is 24.8 Å². The lowest BCUT2D eigenvalue weighted by Gasteiger charge is -2.14. The molecular formula is C21H28FN3O3. The molecule has 2 N–H and O–H groups in total. The second-order valence-electron chi connectivity index (χ2n) is 6.02. The average molecular weight is 389 g/mol. The van der Waals surface area contributed by atoms with Gasteiger partial charge in [-0.3, -0.25) is 0 Å². The summed E-state index contributed by atoms with van der Waals surface area (Å²) in [5.74, 6) is 2.39. The molecule has 2 rings (SSSR count). The van der Waals surface area contributed by atoms with Crippen LogP contribution in [0.25, 0.3) is 0 Å². The third-order valence-corrected chi connectivity index (χ3v) is 4.16. The van der Waals surface area contributed by atoms with E-state index in [1.165, 1.54) is 12.1 Å². The van der Waals surface area contributed by atoms with Crippen LogP contribution in [0.1, 0.15) is 18.1 Å². The second kappa shape index (κ2) is 11.0. The summed E-state index contributed by atoms with van der Waals surface area (Å²) in [6.45, 7) is 3.84. The van der Waals surface area contributed by atoms with Gasteiger partial charge in [0.1, 0.15) is 11.6 Å². The zero-order valence-corrected chi connectivity index (χ0v) is 16.8. The third-order valence-electron chi connectivity index (χ3n) is 4.16. The number of guanidine groups is 1. The SMILES string of the molecule is CCNC(=NCc1cc(OC)c(OC)cc1OC)NCCc1ccc(F)cc1. The molecule has 0 saturated heterocycles. The van der Waals surface area contributed by atoms with E-state index in [0.29, 0.717) is 36.3 Å². The van der Waals surface area contributed by atoms with Crippen LogP contribution in [-0.4, -0.2) is 40.4 Å². The first-order valence-corrected chi connectivity index (χ1v) is 9.16. The van der Waals surface area contributed by atoms with Gasteiger partial charge in [0.2, 0.25) is 0 Å². The molecule has 0 bridgehead atoms. The first-order chi connectivity index (χ1) is 13.6. The molecule has 2 aromatic carbocycles. The van der Waals surface area contributed by atoms with Crippen LogP contribution >= 0.6 is 0 Å². The number of rotatable bonds is 9. The van der Waals surface area contributed by atoms with Crippen molar-refractivity contribution >= 4 is 5.96 Å². The van der Waals surface area contributed by atoms with E-state index in [1.807, 2.05) is 13.0 Å². The number of halogens is 1. The predicted molar refractivity (Wildman–Crippen MR) is 109 cm³/mol. The largest absolute Gasteiger partial charge is 0.496 e. The lowest BCUT2D eigenvalue weighted by Crippen LogP contribution is -2.38. The van der Waals surface area contributed by atoms with Crippen molar-refractivity contribution in [2.24, 2.45) is 4.99 Å². The van der Waals surface area contributed by atoms with Crippen molar-refractivity contribution in [3.8, 4) is 17.2 Å². The molecule has 0 heterocycles. The highest BCUT2D eigenvalue weighted by atomic mass is 19.1. The molecule has 6 nitrogen and oxygen atoms in total. The van der Waals surface area contributed by atoms with Gasteiger partial charge in [0.05, 0.1) is 27.9 Å². The molecule has 0 amide bonds. The Labute approximate surface area is 165 Å². The van der Waals surface area contributed by atoms with Crippen LogP contribution in [0.2, 0.25) is 0 Å². The minimum atomic E-state index is -0.226. The fourth-order valence-corrected chi connectivity index (χ4v) is 2.70. The lowest BCUT2D eigenvalue weighted by molar-refractivity contribution is 0.347. The maximum absolute atomic E-state index is 13.0. The molecule has 0 radical (unpaired) electrons. The van der Waals surface area contributed by atoms with Crippen LogP contribution in [0.15, 0.2) is 41.4 Å². The molecule has 0 aromatic heterocycles. The van der Waals surface area contributed by atoms with Crippen molar-refractivity contribution in [1.82, 2.24) is 10.6 Å². The van der Waals surface area contributed by atoms with Gasteiger partial charge in [0, 0.05) is 24.7 Å². The Bertz CT molecular complexity index is 779. The van der Waals surface area contributed by atoms with E-state index in [2.05, 4.69) is 15.6 Å². The van der Waals surface area contributed by atoms with E-state index in [0.717, 1.165) is 24.1 Å². The van der Waals surface area contributed by atoms with Crippen LogP contribution in [-0.2, 0) is 13.0 Å². The summed E-state index contributed by atoms with van der Waals surface area (Å²) in [6, 6.07) is 10.2. The van der Waals surface area contributed by atoms with E-state index in [9.17, 15) is 4.39 Å². The highest BCUT2D eigenvalue weighted by molar-refractivity contribution is 5.79. The summed E-state index contributed by atoms with van der Waals surface area (Å²) in [5, 5.41) is 6.51. The Morgan fingerprint density at radius 2 is 1.57 bits per heavy atom. The number of hydrogen-bond donors (Lipinski definition) is 2. The van der Waals surface area contributed by atoms with Crippen molar-refractivity contribution in [2.75, 3.05) is 34.4 Å². The quantitative estimate of drug-likeness (QED) is 0.510. The van der Waals surface area contributed by atoms with Crippen LogP contribution in [0.4, 0.5) is 4.39 Å². The highest BCUT2D eigenvalue weighted by Crippen LogP contribution is 2.34. The van der Waals surface area contributed by atoms with Crippen LogP contribution in [0.3, 0.4) is 0 Å². The topological polar surface area (TPSA) is 64.1 Å². The fourth-order valence-electron chi connectivity index (χ4n) is 2.70. The maximum atomic E-state index is 13.0. The fraction of sp³-hybridized carbons (Fsp3) is 0.381. The molecule has 0 unspecified atom stereocenters. The van der Waals surface area contributed by atoms with Gasteiger partial charge in [-0.2, -0.15) is 0 Å². The van der Waals surface area contributed by atoms with Crippen LogP contribution < -0.4 is 24.8 Å². The van der Waals surface area contributed by atoms with Crippen molar-refractivity contribution < 1.29 is 18.6 Å². The zero-order chi connectivity index (χ0) is 20.4. The van der Waals surface area contributed by atoms with E-state index < -0.39 is 0 Å². The van der Waals surface area contributed by atoms with Crippen molar-refractivity contribution in [1.29, 1.82) is 0 Å². The summed E-state index contributed by atoms with van der Waals surface area (Å²) in [4.78, 5) is 4.63. The van der Waals surface area contributed by atoms with E-state index in [4.69, 9.17) is 14.2 Å². The Balaban J connectivity index is 2.05. The third kappa shape index (κ3) is 6.04. The molecular weight excluding hydrogens is 361 g/mol. The molecule has 0 aliphatic rings. The van der Waals surface area contributed by atoms with Crippen LogP contribution in [0.5, 0.6) is 17.2 Å². The average Bonchev–Trinajstić information content (AvgIpc) is 2.72. The molecule has 0 saturated carbocycles. The van der Waals surface area contributed by atoms with Gasteiger partial charge in [0.25, 0.3) is 0 Å². The molecule has 28 heavy (non-hydrogen) atoms. The lowest BCUT2D eigenvalue weighted by atomic mass is 10.1. The molecule has 0 aliphatic carbocycles. The van der Waals surface area contributed by atoms with E-state index >= 15 is 0 Å². The highest BCUT2D eigenvalue weighted by Gasteiger charge is 2.11. The summed E-state index contributed by atoms with van der Waals surface area (Å²) >= 11 is 0. The molecule has 0 spiro atoms. The molecule has 0 atom stereocenters. The Morgan fingerprint density at radius 3 is 2.18 bits per heavy atom. The number of nitrogens with one attached hydrogen (secondary N) is 2. The number of nitrogens with zero attached hydrogens (tertiary/aromatic N) is 1. The Kier molecular flexibility index (Phi) is 8.39. The number of aliphatic imine (C=N–C) groups is 1. The molecule has 152 valence electrons. The minimum Gasteiger partial charge on any atom is -0.496 e. The van der Waals surface area contributed by atoms with Crippen molar-refractivity contribution in [3.05, 3.63) is 53.3 Å². The molecule has 0 aliphatic heterocycles. The molecule has 7 heteroatoms. The van der Waals surface area contributed by atoms with Gasteiger partial charge >= 0.3 is 0 Å². The van der Waals surface area contributed by atoms with E-state index in [-0.39, 0.29) is 5.82 Å². The summed E-state index contributed by atoms with van der Waals surface area (Å²) in [6.07, 6.45) is 0.768. The first kappa shape index (κ1) is 21.3. The number of benzene rings is 2. The number of methoxy groups -OCH3 is 3. The first-order valence-electron chi connectivity index (χ1n) is 9.16. The van der Waals surface area contributed by atoms with Crippen molar-refractivity contribution in [2.45, 2.75) is 19.9 Å². The van der Waals surface area contributed by atoms with Gasteiger partial charge in [0.15, 0.2) is 17.5 Å². The Morgan fingerprint density at radius 1 is 0.929 bits per heavy atom. The van der Waals surface area contributed by atoms with Gasteiger partial charge in [-0.05, 0) is 37.1 Å². The van der Waals surface area contributed by atoms with Gasteiger partial charge in [-0.15, -0.1) is 0 Å².